The zero-order valence-electron chi connectivity index (χ0n) is 11.9. The van der Waals surface area contributed by atoms with Crippen molar-refractivity contribution in [1.82, 2.24) is 15.1 Å². The fraction of sp³-hybridized carbons (Fsp3) is 0.333. The minimum absolute atomic E-state index is 0.277. The molecule has 1 heterocycles. The molecule has 1 amide bonds. The Hall–Kier alpha value is -2.14. The Bertz CT molecular complexity index is 604. The lowest BCUT2D eigenvalue weighted by Gasteiger charge is -2.09. The van der Waals surface area contributed by atoms with E-state index in [4.69, 9.17) is 5.73 Å². The number of carbonyl (C=O) groups is 1. The minimum atomic E-state index is -0.512. The third-order valence-corrected chi connectivity index (χ3v) is 3.12. The van der Waals surface area contributed by atoms with Crippen molar-refractivity contribution >= 4 is 5.91 Å². The highest BCUT2D eigenvalue weighted by atomic mass is 16.1. The summed E-state index contributed by atoms with van der Waals surface area (Å²) in [4.78, 5) is 11.1. The number of nitrogens with one attached hydrogen (secondary N) is 1. The number of benzene rings is 1. The van der Waals surface area contributed by atoms with Crippen molar-refractivity contribution in [3.05, 3.63) is 47.3 Å². The number of carbonyl (C=O) groups excluding carboxylic acids is 1. The van der Waals surface area contributed by atoms with E-state index in [2.05, 4.69) is 35.5 Å². The lowest BCUT2D eigenvalue weighted by atomic mass is 10.1. The fourth-order valence-electron chi connectivity index (χ4n) is 2.01. The van der Waals surface area contributed by atoms with Crippen LogP contribution in [-0.2, 0) is 6.54 Å². The van der Waals surface area contributed by atoms with E-state index in [0.717, 1.165) is 30.8 Å². The maximum Gasteiger partial charge on any atom is 0.269 e. The fourth-order valence-corrected chi connectivity index (χ4v) is 2.01. The molecule has 0 aliphatic rings. The number of primary amides is 1. The molecule has 20 heavy (non-hydrogen) atoms. The predicted octanol–water partition coefficient (Wildman–Crippen LogP) is 1.78. The van der Waals surface area contributed by atoms with Gasteiger partial charge in [0, 0.05) is 12.7 Å². The summed E-state index contributed by atoms with van der Waals surface area (Å²) in [5.74, 6) is -0.512. The minimum Gasteiger partial charge on any atom is -0.364 e. The largest absolute Gasteiger partial charge is 0.364 e. The molecule has 1 aromatic carbocycles. The van der Waals surface area contributed by atoms with Crippen LogP contribution in [0.1, 0.15) is 35.0 Å². The zero-order chi connectivity index (χ0) is 14.5. The van der Waals surface area contributed by atoms with Crippen molar-refractivity contribution < 1.29 is 4.79 Å². The monoisotopic (exact) mass is 272 g/mol. The van der Waals surface area contributed by atoms with Crippen LogP contribution in [0.4, 0.5) is 0 Å². The second-order valence-corrected chi connectivity index (χ2v) is 4.81. The summed E-state index contributed by atoms with van der Waals surface area (Å²) >= 11 is 0. The van der Waals surface area contributed by atoms with Crippen molar-refractivity contribution in [3.63, 3.8) is 0 Å². The number of rotatable bonds is 6. The molecule has 0 fully saturated rings. The van der Waals surface area contributed by atoms with Crippen LogP contribution in [0.2, 0.25) is 0 Å². The van der Waals surface area contributed by atoms with Gasteiger partial charge in [0.2, 0.25) is 0 Å². The summed E-state index contributed by atoms with van der Waals surface area (Å²) in [7, 11) is 0. The average molecular weight is 272 g/mol. The van der Waals surface area contributed by atoms with E-state index in [1.54, 1.807) is 16.9 Å². The highest BCUT2D eigenvalue weighted by molar-refractivity contribution is 5.90. The Labute approximate surface area is 118 Å². The van der Waals surface area contributed by atoms with Gasteiger partial charge < -0.3 is 11.1 Å². The summed E-state index contributed by atoms with van der Waals surface area (Å²) in [6.45, 7) is 5.98. The molecule has 0 saturated carbocycles. The lowest BCUT2D eigenvalue weighted by Crippen LogP contribution is -2.14. The first-order valence-electron chi connectivity index (χ1n) is 6.78. The number of amides is 1. The summed E-state index contributed by atoms with van der Waals surface area (Å²) in [6.07, 6.45) is 2.87. The standard InChI is InChI=1S/C15H20N4O/c1-3-7-17-10-12-5-4-11(2)14(9-12)19-8-6-13(18-19)15(16)20/h4-6,8-9,17H,3,7,10H2,1-2H3,(H2,16,20). The van der Waals surface area contributed by atoms with Crippen LogP contribution in [0.15, 0.2) is 30.5 Å². The molecule has 0 spiro atoms. The third-order valence-electron chi connectivity index (χ3n) is 3.12. The molecule has 2 aromatic rings. The molecule has 5 nitrogen and oxygen atoms in total. The predicted molar refractivity (Wildman–Crippen MR) is 78.8 cm³/mol. The number of hydrogen-bond acceptors (Lipinski definition) is 3. The molecule has 0 saturated heterocycles. The molecule has 0 aliphatic carbocycles. The molecule has 0 atom stereocenters. The van der Waals surface area contributed by atoms with Crippen molar-refractivity contribution in [2.24, 2.45) is 5.73 Å². The molecule has 0 aliphatic heterocycles. The van der Waals surface area contributed by atoms with Crippen molar-refractivity contribution in [2.75, 3.05) is 6.54 Å². The van der Waals surface area contributed by atoms with Gasteiger partial charge in [-0.25, -0.2) is 4.68 Å². The van der Waals surface area contributed by atoms with Crippen LogP contribution in [0.25, 0.3) is 5.69 Å². The number of aromatic nitrogens is 2. The second-order valence-electron chi connectivity index (χ2n) is 4.81. The van der Waals surface area contributed by atoms with Gasteiger partial charge >= 0.3 is 0 Å². The van der Waals surface area contributed by atoms with E-state index in [-0.39, 0.29) is 5.69 Å². The van der Waals surface area contributed by atoms with Gasteiger partial charge in [-0.15, -0.1) is 0 Å². The molecule has 1 aromatic heterocycles. The maximum atomic E-state index is 11.1. The van der Waals surface area contributed by atoms with Gasteiger partial charge in [0.05, 0.1) is 5.69 Å². The molecule has 2 rings (SSSR count). The Morgan fingerprint density at radius 3 is 2.85 bits per heavy atom. The van der Waals surface area contributed by atoms with Crippen LogP contribution in [0.5, 0.6) is 0 Å². The zero-order valence-corrected chi connectivity index (χ0v) is 11.9. The van der Waals surface area contributed by atoms with E-state index in [0.29, 0.717) is 0 Å². The third kappa shape index (κ3) is 3.24. The lowest BCUT2D eigenvalue weighted by molar-refractivity contribution is 0.0995. The SMILES string of the molecule is CCCNCc1ccc(C)c(-n2ccc(C(N)=O)n2)c1. The van der Waals surface area contributed by atoms with Crippen LogP contribution in [0.3, 0.4) is 0 Å². The number of aryl methyl sites for hydroxylation is 1. The number of nitrogens with two attached hydrogens (primary N) is 1. The first kappa shape index (κ1) is 14.3. The number of nitrogens with zero attached hydrogens (tertiary/aromatic N) is 2. The molecular formula is C15H20N4O. The topological polar surface area (TPSA) is 72.9 Å². The van der Waals surface area contributed by atoms with Gasteiger partial charge in [-0.2, -0.15) is 5.10 Å². The highest BCUT2D eigenvalue weighted by Crippen LogP contribution is 2.16. The Morgan fingerprint density at radius 2 is 2.20 bits per heavy atom. The van der Waals surface area contributed by atoms with Gasteiger partial charge in [0.1, 0.15) is 5.69 Å². The molecule has 0 bridgehead atoms. The van der Waals surface area contributed by atoms with Crippen molar-refractivity contribution in [3.8, 4) is 5.69 Å². The summed E-state index contributed by atoms with van der Waals surface area (Å²) < 4.78 is 1.69. The van der Waals surface area contributed by atoms with Gasteiger partial charge in [-0.3, -0.25) is 4.79 Å². The van der Waals surface area contributed by atoms with Crippen molar-refractivity contribution in [1.29, 1.82) is 0 Å². The quantitative estimate of drug-likeness (QED) is 0.787. The van der Waals surface area contributed by atoms with Gasteiger partial charge in [0.15, 0.2) is 0 Å². The Kier molecular flexibility index (Phi) is 4.53. The van der Waals surface area contributed by atoms with Gasteiger partial charge in [-0.1, -0.05) is 19.1 Å². The van der Waals surface area contributed by atoms with E-state index >= 15 is 0 Å². The highest BCUT2D eigenvalue weighted by Gasteiger charge is 2.08. The molecule has 0 radical (unpaired) electrons. The molecule has 106 valence electrons. The van der Waals surface area contributed by atoms with Crippen LogP contribution < -0.4 is 11.1 Å². The van der Waals surface area contributed by atoms with E-state index in [9.17, 15) is 4.79 Å². The van der Waals surface area contributed by atoms with E-state index < -0.39 is 5.91 Å². The molecular weight excluding hydrogens is 252 g/mol. The maximum absolute atomic E-state index is 11.1. The van der Waals surface area contributed by atoms with Gasteiger partial charge in [0.25, 0.3) is 5.91 Å². The second kappa shape index (κ2) is 6.34. The Balaban J connectivity index is 2.25. The Morgan fingerprint density at radius 1 is 1.40 bits per heavy atom. The van der Waals surface area contributed by atoms with Crippen LogP contribution in [-0.4, -0.2) is 22.2 Å². The first-order valence-corrected chi connectivity index (χ1v) is 6.78. The normalized spacial score (nSPS) is 10.7. The summed E-state index contributed by atoms with van der Waals surface area (Å²) in [5.41, 5.74) is 8.76. The first-order chi connectivity index (χ1) is 9.61. The number of hydrogen-bond donors (Lipinski definition) is 2. The molecule has 3 N–H and O–H groups in total. The summed E-state index contributed by atoms with van der Waals surface area (Å²) in [6, 6.07) is 7.86. The van der Waals surface area contributed by atoms with Crippen LogP contribution in [0, 0.1) is 6.92 Å². The van der Waals surface area contributed by atoms with Crippen molar-refractivity contribution in [2.45, 2.75) is 26.8 Å². The van der Waals surface area contributed by atoms with Gasteiger partial charge in [-0.05, 0) is 43.1 Å². The molecule has 5 heteroatoms. The van der Waals surface area contributed by atoms with E-state index in [1.165, 1.54) is 5.56 Å². The van der Waals surface area contributed by atoms with Crippen LogP contribution >= 0.6 is 0 Å². The molecule has 0 unspecified atom stereocenters. The summed E-state index contributed by atoms with van der Waals surface area (Å²) in [5, 5.41) is 7.57. The average Bonchev–Trinajstić information content (AvgIpc) is 2.90. The smallest absolute Gasteiger partial charge is 0.269 e. The van der Waals surface area contributed by atoms with E-state index in [1.807, 2.05) is 6.92 Å².